The highest BCUT2D eigenvalue weighted by atomic mass is 35.5. The van der Waals surface area contributed by atoms with E-state index in [0.717, 1.165) is 6.42 Å². The second-order valence-corrected chi connectivity index (χ2v) is 4.96. The summed E-state index contributed by atoms with van der Waals surface area (Å²) in [5, 5.41) is 0. The van der Waals surface area contributed by atoms with E-state index in [2.05, 4.69) is 0 Å². The molecule has 1 rings (SSSR count). The fourth-order valence-electron chi connectivity index (χ4n) is 0.994. The number of halogens is 1. The lowest BCUT2D eigenvalue weighted by atomic mass is 10.2. The maximum atomic E-state index is 10.7. The van der Waals surface area contributed by atoms with Crippen molar-refractivity contribution >= 4 is 21.4 Å². The van der Waals surface area contributed by atoms with Gasteiger partial charge < -0.3 is 0 Å². The van der Waals surface area contributed by atoms with E-state index in [1.165, 1.54) is 0 Å². The second kappa shape index (κ2) is 2.46. The van der Waals surface area contributed by atoms with E-state index in [9.17, 15) is 8.42 Å². The third-order valence-electron chi connectivity index (χ3n) is 1.54. The second-order valence-electron chi connectivity index (χ2n) is 2.42. The Bertz CT molecular complexity index is 185. The van der Waals surface area contributed by atoms with Crippen molar-refractivity contribution in [2.45, 2.75) is 6.42 Å². The molecule has 1 fully saturated rings. The summed E-state index contributed by atoms with van der Waals surface area (Å²) in [5.74, 6) is 1.34. The van der Waals surface area contributed by atoms with Gasteiger partial charge in [-0.2, -0.15) is 0 Å². The van der Waals surface area contributed by atoms with E-state index in [-0.39, 0.29) is 5.92 Å². The minimum absolute atomic E-state index is 0.219. The molecular weight excluding hydrogens is 160 g/mol. The van der Waals surface area contributed by atoms with E-state index < -0.39 is 9.84 Å². The van der Waals surface area contributed by atoms with Crippen molar-refractivity contribution in [1.82, 2.24) is 0 Å². The van der Waals surface area contributed by atoms with Crippen molar-refractivity contribution in [3.05, 3.63) is 0 Å². The molecule has 0 aromatic carbocycles. The molecule has 1 heterocycles. The van der Waals surface area contributed by atoms with Crippen LogP contribution in [0.5, 0.6) is 0 Å². The van der Waals surface area contributed by atoms with E-state index >= 15 is 0 Å². The molecule has 0 aliphatic carbocycles. The van der Waals surface area contributed by atoms with E-state index in [4.69, 9.17) is 11.6 Å². The summed E-state index contributed by atoms with van der Waals surface area (Å²) in [7, 11) is -2.69. The molecule has 1 atom stereocenters. The first-order valence-corrected chi connectivity index (χ1v) is 5.26. The van der Waals surface area contributed by atoms with Crippen LogP contribution in [0, 0.1) is 5.92 Å². The summed E-state index contributed by atoms with van der Waals surface area (Å²) < 4.78 is 21.5. The van der Waals surface area contributed by atoms with Gasteiger partial charge in [0.25, 0.3) is 0 Å². The lowest BCUT2D eigenvalue weighted by molar-refractivity contribution is 0.599. The van der Waals surface area contributed by atoms with Crippen LogP contribution in [0.15, 0.2) is 0 Å². The number of hydrogen-bond acceptors (Lipinski definition) is 2. The highest BCUT2D eigenvalue weighted by molar-refractivity contribution is 7.91. The van der Waals surface area contributed by atoms with Crippen LogP contribution in [-0.2, 0) is 9.84 Å². The zero-order valence-electron chi connectivity index (χ0n) is 5.01. The van der Waals surface area contributed by atoms with Gasteiger partial charge in [-0.05, 0) is 12.3 Å². The van der Waals surface area contributed by atoms with Gasteiger partial charge in [0.15, 0.2) is 9.84 Å². The Morgan fingerprint density at radius 1 is 1.56 bits per heavy atom. The Balaban J connectivity index is 2.58. The van der Waals surface area contributed by atoms with Crippen molar-refractivity contribution in [2.24, 2.45) is 5.92 Å². The molecule has 0 amide bonds. The van der Waals surface area contributed by atoms with Crippen LogP contribution < -0.4 is 0 Å². The van der Waals surface area contributed by atoms with Crippen molar-refractivity contribution in [2.75, 3.05) is 17.4 Å². The average molecular weight is 169 g/mol. The molecule has 0 bridgehead atoms. The Morgan fingerprint density at radius 3 is 2.44 bits per heavy atom. The SMILES string of the molecule is O=S1(=O)CC[C@H](CCl)C1. The summed E-state index contributed by atoms with van der Waals surface area (Å²) in [5.41, 5.74) is 0. The van der Waals surface area contributed by atoms with Gasteiger partial charge in [0.05, 0.1) is 11.5 Å². The summed E-state index contributed by atoms with van der Waals surface area (Å²) in [6.07, 6.45) is 0.756. The molecule has 0 spiro atoms. The highest BCUT2D eigenvalue weighted by Crippen LogP contribution is 2.18. The van der Waals surface area contributed by atoms with Gasteiger partial charge in [-0.15, -0.1) is 11.6 Å². The molecule has 0 unspecified atom stereocenters. The minimum atomic E-state index is -2.69. The van der Waals surface area contributed by atoms with Crippen molar-refractivity contribution in [1.29, 1.82) is 0 Å². The largest absolute Gasteiger partial charge is 0.229 e. The molecule has 1 aliphatic heterocycles. The predicted molar refractivity (Wildman–Crippen MR) is 37.5 cm³/mol. The fraction of sp³-hybridized carbons (Fsp3) is 1.00. The summed E-state index contributed by atoms with van der Waals surface area (Å²) in [4.78, 5) is 0. The number of rotatable bonds is 1. The van der Waals surface area contributed by atoms with Gasteiger partial charge in [-0.3, -0.25) is 0 Å². The smallest absolute Gasteiger partial charge is 0.150 e. The van der Waals surface area contributed by atoms with E-state index in [1.807, 2.05) is 0 Å². The Kier molecular flexibility index (Phi) is 2.01. The molecule has 9 heavy (non-hydrogen) atoms. The van der Waals surface area contributed by atoms with Gasteiger partial charge in [0, 0.05) is 5.88 Å². The zero-order valence-corrected chi connectivity index (χ0v) is 6.58. The van der Waals surface area contributed by atoms with Crippen LogP contribution in [0.3, 0.4) is 0 Å². The summed E-state index contributed by atoms with van der Waals surface area (Å²) in [6.45, 7) is 0. The first kappa shape index (κ1) is 7.35. The summed E-state index contributed by atoms with van der Waals surface area (Å²) in [6, 6.07) is 0. The Hall–Kier alpha value is 0.240. The third-order valence-corrected chi connectivity index (χ3v) is 3.82. The van der Waals surface area contributed by atoms with Gasteiger partial charge >= 0.3 is 0 Å². The van der Waals surface area contributed by atoms with E-state index in [1.54, 1.807) is 0 Å². The maximum absolute atomic E-state index is 10.7. The van der Waals surface area contributed by atoms with Gasteiger partial charge in [-0.25, -0.2) is 8.42 Å². The lowest BCUT2D eigenvalue weighted by Crippen LogP contribution is -2.05. The zero-order chi connectivity index (χ0) is 6.91. The predicted octanol–water partition coefficient (Wildman–Crippen LogP) is 0.660. The van der Waals surface area contributed by atoms with E-state index in [0.29, 0.717) is 17.4 Å². The van der Waals surface area contributed by atoms with Crippen LogP contribution in [0.1, 0.15) is 6.42 Å². The molecule has 54 valence electrons. The lowest BCUT2D eigenvalue weighted by Gasteiger charge is -1.96. The molecule has 2 nitrogen and oxygen atoms in total. The standard InChI is InChI=1S/C5H9ClO2S/c6-3-5-1-2-9(7,8)4-5/h5H,1-4H2/t5-/m1/s1. The molecule has 1 saturated heterocycles. The Morgan fingerprint density at radius 2 is 2.22 bits per heavy atom. The molecule has 1 aliphatic rings. The van der Waals surface area contributed by atoms with Gasteiger partial charge in [0.2, 0.25) is 0 Å². The normalized spacial score (nSPS) is 32.8. The maximum Gasteiger partial charge on any atom is 0.150 e. The monoisotopic (exact) mass is 168 g/mol. The first-order valence-electron chi connectivity index (χ1n) is 2.90. The van der Waals surface area contributed by atoms with Crippen LogP contribution in [0.25, 0.3) is 0 Å². The highest BCUT2D eigenvalue weighted by Gasteiger charge is 2.26. The van der Waals surface area contributed by atoms with Gasteiger partial charge in [-0.1, -0.05) is 0 Å². The molecule has 4 heteroatoms. The topological polar surface area (TPSA) is 34.1 Å². The number of alkyl halides is 1. The minimum Gasteiger partial charge on any atom is -0.229 e. The number of hydrogen-bond donors (Lipinski definition) is 0. The third kappa shape index (κ3) is 1.83. The van der Waals surface area contributed by atoms with Crippen molar-refractivity contribution < 1.29 is 8.42 Å². The first-order chi connectivity index (χ1) is 4.14. The molecule has 0 saturated carbocycles. The van der Waals surface area contributed by atoms with Crippen LogP contribution in [0.4, 0.5) is 0 Å². The van der Waals surface area contributed by atoms with Crippen LogP contribution >= 0.6 is 11.6 Å². The quantitative estimate of drug-likeness (QED) is 0.539. The van der Waals surface area contributed by atoms with Crippen molar-refractivity contribution in [3.8, 4) is 0 Å². The number of sulfone groups is 1. The van der Waals surface area contributed by atoms with Crippen LogP contribution in [-0.4, -0.2) is 25.8 Å². The molecule has 0 aromatic heterocycles. The van der Waals surface area contributed by atoms with Crippen LogP contribution in [0.2, 0.25) is 0 Å². The molecular formula is C5H9ClO2S. The van der Waals surface area contributed by atoms with Crippen molar-refractivity contribution in [3.63, 3.8) is 0 Å². The average Bonchev–Trinajstić information content (AvgIpc) is 2.10. The molecule has 0 aromatic rings. The summed E-state index contributed by atoms with van der Waals surface area (Å²) >= 11 is 5.47. The van der Waals surface area contributed by atoms with Gasteiger partial charge in [0.1, 0.15) is 0 Å². The fourth-order valence-corrected chi connectivity index (χ4v) is 3.25. The Labute approximate surface area is 60.1 Å². The molecule has 0 N–H and O–H groups in total. The molecule has 0 radical (unpaired) electrons.